The monoisotopic (exact) mass is 817 g/mol. The molecule has 0 aliphatic carbocycles. The fourth-order valence-corrected chi connectivity index (χ4v) is 7.54. The van der Waals surface area contributed by atoms with Gasteiger partial charge in [-0.15, -0.1) is 0 Å². The average Bonchev–Trinajstić information content (AvgIpc) is 3.61. The third kappa shape index (κ3) is 15.1. The lowest BCUT2D eigenvalue weighted by Gasteiger charge is -2.26. The minimum absolute atomic E-state index is 0.00742. The standard InChI is InChI=1S/C44H63N7O6S/c1-6-27(2)34(41(45)55)25-40(54)36(22-30-14-8-7-9-15-30)51-43(57)31(18-20-58-5)24-39(53)37(23-32-26-49-35-17-11-10-16-33(32)35)50-42(56)29(4)21-38(52)28(3)13-12-19-48-44(46)47/h7-11,14-17,26-29,31,34,36-37,49H,6,12-13,18-25H2,1-5H3,(H2,45,55)(H,50,56)(H,51,57)(H4,46,47,48)/t27-,28-,29+,31+,34-,36-,37-/m0/s1. The predicted octanol–water partition coefficient (Wildman–Crippen LogP) is 4.64. The first-order valence-corrected chi connectivity index (χ1v) is 21.7. The van der Waals surface area contributed by atoms with Crippen LogP contribution in [0, 0.1) is 29.6 Å². The van der Waals surface area contributed by atoms with Crippen molar-refractivity contribution in [1.29, 1.82) is 0 Å². The van der Waals surface area contributed by atoms with Crippen molar-refractivity contribution in [1.82, 2.24) is 15.6 Å². The van der Waals surface area contributed by atoms with E-state index < -0.39 is 47.6 Å². The van der Waals surface area contributed by atoms with E-state index in [4.69, 9.17) is 17.2 Å². The van der Waals surface area contributed by atoms with E-state index in [1.807, 2.05) is 87.8 Å². The SMILES string of the molecule is CC[C@H](C)[C@H](CC(=O)[C@H](Cc1ccccc1)NC(=O)[C@H](CCSC)CC(=O)[C@H](Cc1c[nH]c2ccccc12)NC(=O)[C@H](C)CC(=O)[C@@H](C)CCCN=C(N)N)C(N)=O. The van der Waals surface area contributed by atoms with Crippen molar-refractivity contribution in [3.05, 3.63) is 71.9 Å². The molecule has 0 aliphatic heterocycles. The molecule has 7 atom stereocenters. The lowest BCUT2D eigenvalue weighted by Crippen LogP contribution is -2.49. The predicted molar refractivity (Wildman–Crippen MR) is 232 cm³/mol. The zero-order valence-corrected chi connectivity index (χ0v) is 35.4. The third-order valence-electron chi connectivity index (χ3n) is 11.0. The number of thioether (sulfide) groups is 1. The van der Waals surface area contributed by atoms with Gasteiger partial charge in [-0.3, -0.25) is 33.8 Å². The maximum Gasteiger partial charge on any atom is 0.224 e. The lowest BCUT2D eigenvalue weighted by molar-refractivity contribution is -0.135. The van der Waals surface area contributed by atoms with E-state index in [0.717, 1.165) is 22.0 Å². The van der Waals surface area contributed by atoms with Crippen LogP contribution in [0.25, 0.3) is 10.9 Å². The summed E-state index contributed by atoms with van der Waals surface area (Å²) in [6, 6.07) is 15.0. The highest BCUT2D eigenvalue weighted by Crippen LogP contribution is 2.24. The van der Waals surface area contributed by atoms with E-state index in [1.165, 1.54) is 11.8 Å². The molecule has 0 spiro atoms. The van der Waals surface area contributed by atoms with E-state index in [2.05, 4.69) is 20.6 Å². The minimum atomic E-state index is -1.00. The van der Waals surface area contributed by atoms with Crippen LogP contribution in [0.1, 0.15) is 83.8 Å². The van der Waals surface area contributed by atoms with Gasteiger partial charge in [0.05, 0.1) is 12.1 Å². The van der Waals surface area contributed by atoms with Crippen molar-refractivity contribution < 1.29 is 28.8 Å². The number of H-pyrrole nitrogens is 1. The van der Waals surface area contributed by atoms with E-state index >= 15 is 0 Å². The van der Waals surface area contributed by atoms with Gasteiger partial charge in [0.25, 0.3) is 0 Å². The Morgan fingerprint density at radius 1 is 0.759 bits per heavy atom. The molecule has 13 nitrogen and oxygen atoms in total. The van der Waals surface area contributed by atoms with Crippen LogP contribution in [0.5, 0.6) is 0 Å². The summed E-state index contributed by atoms with van der Waals surface area (Å²) in [6.45, 7) is 7.68. The number of hydrogen-bond acceptors (Lipinski definition) is 8. The molecule has 14 heteroatoms. The number of rotatable bonds is 27. The molecule has 0 fully saturated rings. The molecular weight excluding hydrogens is 755 g/mol. The van der Waals surface area contributed by atoms with Crippen LogP contribution >= 0.6 is 11.8 Å². The second kappa shape index (κ2) is 24.1. The highest BCUT2D eigenvalue weighted by atomic mass is 32.2. The molecule has 3 rings (SSSR count). The van der Waals surface area contributed by atoms with Gasteiger partial charge in [-0.05, 0) is 60.8 Å². The number of primary amides is 1. The number of aromatic amines is 1. The minimum Gasteiger partial charge on any atom is -0.370 e. The van der Waals surface area contributed by atoms with Gasteiger partial charge < -0.3 is 32.8 Å². The Labute approximate surface area is 346 Å². The van der Waals surface area contributed by atoms with Gasteiger partial charge in [0.1, 0.15) is 5.78 Å². The molecule has 9 N–H and O–H groups in total. The van der Waals surface area contributed by atoms with Crippen molar-refractivity contribution in [2.45, 2.75) is 97.6 Å². The summed E-state index contributed by atoms with van der Waals surface area (Å²) in [5.41, 5.74) is 19.0. The van der Waals surface area contributed by atoms with Gasteiger partial charge in [-0.25, -0.2) is 0 Å². The first-order chi connectivity index (χ1) is 27.6. The quantitative estimate of drug-likeness (QED) is 0.0357. The molecule has 1 heterocycles. The number of nitrogens with two attached hydrogens (primary N) is 3. The smallest absolute Gasteiger partial charge is 0.224 e. The zero-order chi connectivity index (χ0) is 42.8. The normalized spacial score (nSPS) is 14.9. The summed E-state index contributed by atoms with van der Waals surface area (Å²) in [6.07, 6.45) is 5.94. The van der Waals surface area contributed by atoms with Crippen molar-refractivity contribution in [2.24, 2.45) is 51.8 Å². The Kier molecular flexibility index (Phi) is 19.7. The second-order valence-electron chi connectivity index (χ2n) is 15.5. The van der Waals surface area contributed by atoms with Gasteiger partial charge in [0.15, 0.2) is 17.5 Å². The fourth-order valence-electron chi connectivity index (χ4n) is 7.02. The van der Waals surface area contributed by atoms with Crippen LogP contribution in [-0.2, 0) is 41.6 Å². The molecule has 0 bridgehead atoms. The molecular formula is C44H63N7O6S. The number of Topliss-reactive ketones (excluding diaryl/α,β-unsaturated/α-hetero) is 3. The molecule has 58 heavy (non-hydrogen) atoms. The topological polar surface area (TPSA) is 233 Å². The van der Waals surface area contributed by atoms with Crippen molar-refractivity contribution >= 4 is 63.7 Å². The largest absolute Gasteiger partial charge is 0.370 e. The first-order valence-electron chi connectivity index (χ1n) is 20.3. The summed E-state index contributed by atoms with van der Waals surface area (Å²) in [4.78, 5) is 88.8. The van der Waals surface area contributed by atoms with Gasteiger partial charge in [0.2, 0.25) is 17.7 Å². The molecule has 1 aromatic heterocycles. The summed E-state index contributed by atoms with van der Waals surface area (Å²) in [7, 11) is 0. The maximum absolute atomic E-state index is 14.4. The second-order valence-corrected chi connectivity index (χ2v) is 16.5. The van der Waals surface area contributed by atoms with E-state index in [9.17, 15) is 28.8 Å². The number of amides is 3. The summed E-state index contributed by atoms with van der Waals surface area (Å²) < 4.78 is 0. The molecule has 316 valence electrons. The molecule has 0 radical (unpaired) electrons. The van der Waals surface area contributed by atoms with E-state index in [1.54, 1.807) is 6.92 Å². The van der Waals surface area contributed by atoms with Crippen molar-refractivity contribution in [3.8, 4) is 0 Å². The number of benzene rings is 2. The molecule has 0 aliphatic rings. The van der Waals surface area contributed by atoms with Crippen LogP contribution in [-0.4, -0.2) is 76.7 Å². The van der Waals surface area contributed by atoms with Gasteiger partial charge in [-0.2, -0.15) is 11.8 Å². The summed E-state index contributed by atoms with van der Waals surface area (Å²) >= 11 is 1.53. The number of nitrogens with zero attached hydrogens (tertiary/aromatic N) is 1. The van der Waals surface area contributed by atoms with Gasteiger partial charge in [0, 0.05) is 73.0 Å². The van der Waals surface area contributed by atoms with Crippen LogP contribution in [0.4, 0.5) is 0 Å². The number of nitrogens with one attached hydrogen (secondary N) is 3. The van der Waals surface area contributed by atoms with Crippen LogP contribution in [0.3, 0.4) is 0 Å². The highest BCUT2D eigenvalue weighted by molar-refractivity contribution is 7.98. The number of hydrogen-bond donors (Lipinski definition) is 6. The van der Waals surface area contributed by atoms with Crippen LogP contribution in [0.2, 0.25) is 0 Å². The maximum atomic E-state index is 14.4. The molecule has 3 aromatic rings. The summed E-state index contributed by atoms with van der Waals surface area (Å²) in [5, 5.41) is 6.79. The van der Waals surface area contributed by atoms with E-state index in [-0.39, 0.29) is 67.2 Å². The third-order valence-corrected chi connectivity index (χ3v) is 11.6. The number of ketones is 3. The van der Waals surface area contributed by atoms with E-state index in [0.29, 0.717) is 38.0 Å². The Balaban J connectivity index is 1.85. The Morgan fingerprint density at radius 2 is 1.40 bits per heavy atom. The number of aromatic nitrogens is 1. The zero-order valence-electron chi connectivity index (χ0n) is 34.6. The van der Waals surface area contributed by atoms with Crippen molar-refractivity contribution in [3.63, 3.8) is 0 Å². The van der Waals surface area contributed by atoms with Crippen LogP contribution < -0.4 is 27.8 Å². The summed E-state index contributed by atoms with van der Waals surface area (Å²) in [5.74, 6) is -4.28. The van der Waals surface area contributed by atoms with Crippen molar-refractivity contribution in [2.75, 3.05) is 18.6 Å². The number of para-hydroxylation sites is 1. The highest BCUT2D eigenvalue weighted by Gasteiger charge is 2.34. The van der Waals surface area contributed by atoms with Gasteiger partial charge in [-0.1, -0.05) is 82.6 Å². The molecule has 0 saturated heterocycles. The number of fused-ring (bicyclic) bond motifs is 1. The lowest BCUT2D eigenvalue weighted by atomic mass is 9.84. The molecule has 0 unspecified atom stereocenters. The van der Waals surface area contributed by atoms with Gasteiger partial charge >= 0.3 is 0 Å². The number of guanidine groups is 1. The Morgan fingerprint density at radius 3 is 2.05 bits per heavy atom. The molecule has 2 aromatic carbocycles. The number of carbonyl (C=O) groups is 6. The molecule has 3 amide bonds. The first kappa shape index (κ1) is 47.4. The Bertz CT molecular complexity index is 1860. The fraction of sp³-hybridized carbons (Fsp3) is 0.523. The average molecular weight is 818 g/mol. The van der Waals surface area contributed by atoms with Crippen LogP contribution in [0.15, 0.2) is 65.8 Å². The molecule has 0 saturated carbocycles. The number of carbonyl (C=O) groups excluding carboxylic acids is 6. The Hall–Kier alpha value is -4.98. The number of aliphatic imine (C=N–C) groups is 1.